The van der Waals surface area contributed by atoms with E-state index in [1.165, 1.54) is 167 Å². The minimum absolute atomic E-state index is 0.252. The Kier molecular flexibility index (Phi) is 42.6. The van der Waals surface area contributed by atoms with Gasteiger partial charge in [0.2, 0.25) is 5.91 Å². The van der Waals surface area contributed by atoms with Gasteiger partial charge in [-0.1, -0.05) is 230 Å². The summed E-state index contributed by atoms with van der Waals surface area (Å²) in [6, 6.07) is -0.935. The molecule has 12 atom stereocenters. The Balaban J connectivity index is 1.76. The molecule has 14 nitrogen and oxygen atoms in total. The van der Waals surface area contributed by atoms with Crippen LogP contribution in [0.2, 0.25) is 0 Å². The highest BCUT2D eigenvalue weighted by atomic mass is 16.7. The minimum Gasteiger partial charge on any atom is -0.394 e. The zero-order chi connectivity index (χ0) is 53.9. The number of ether oxygens (including phenoxy) is 4. The topological polar surface area (TPSA) is 228 Å². The summed E-state index contributed by atoms with van der Waals surface area (Å²) in [4.78, 5) is 13.2. The van der Waals surface area contributed by atoms with Gasteiger partial charge in [0, 0.05) is 6.42 Å². The number of carbonyl (C=O) groups excluding carboxylic acids is 1. The van der Waals surface area contributed by atoms with Crippen molar-refractivity contribution in [3.05, 3.63) is 36.5 Å². The van der Waals surface area contributed by atoms with Crippen LogP contribution >= 0.6 is 0 Å². The molecule has 0 aliphatic carbocycles. The first-order valence-electron chi connectivity index (χ1n) is 30.2. The van der Waals surface area contributed by atoms with Crippen LogP contribution in [0.1, 0.15) is 245 Å². The molecule has 0 radical (unpaired) electrons. The van der Waals surface area contributed by atoms with Crippen molar-refractivity contribution in [1.29, 1.82) is 0 Å². The number of unbranched alkanes of at least 4 members (excludes halogenated alkanes) is 31. The number of hydrogen-bond donors (Lipinski definition) is 9. The van der Waals surface area contributed by atoms with Gasteiger partial charge in [-0.05, 0) is 44.9 Å². The van der Waals surface area contributed by atoms with E-state index in [4.69, 9.17) is 18.9 Å². The lowest BCUT2D eigenvalue weighted by atomic mass is 9.97. The summed E-state index contributed by atoms with van der Waals surface area (Å²) in [6.07, 6.45) is 39.1. The Morgan fingerprint density at radius 3 is 1.32 bits per heavy atom. The Morgan fingerprint density at radius 1 is 0.473 bits per heavy atom. The number of aliphatic hydroxyl groups is 8. The zero-order valence-electron chi connectivity index (χ0n) is 46.6. The maximum atomic E-state index is 13.2. The van der Waals surface area contributed by atoms with Crippen LogP contribution in [0.15, 0.2) is 36.5 Å². The van der Waals surface area contributed by atoms with Gasteiger partial charge in [0.1, 0.15) is 48.8 Å². The van der Waals surface area contributed by atoms with Crippen LogP contribution in [0, 0.1) is 0 Å². The standard InChI is InChI=1S/C60H111NO13/c1-3-5-7-9-11-13-15-17-19-20-21-22-23-24-25-26-27-28-29-30-31-33-35-37-39-41-43-49(64)48(61-52(65)44-42-40-38-36-34-32-18-16-14-12-10-8-6-4-2)47-71-59-57(70)55(68)58(51(46-63)73-59)74-60-56(69)54(67)53(66)50(45-62)72-60/h28-29,33,35,41,43,48-51,53-60,62-64,66-70H,3-27,30-32,34,36-40,42,44-47H2,1-2H3,(H,61,65)/b29-28+,35-33+,43-41+. The molecule has 74 heavy (non-hydrogen) atoms. The second-order valence-corrected chi connectivity index (χ2v) is 21.5. The van der Waals surface area contributed by atoms with Gasteiger partial charge in [-0.3, -0.25) is 4.79 Å². The molecule has 2 rings (SSSR count). The summed E-state index contributed by atoms with van der Waals surface area (Å²) >= 11 is 0. The molecule has 12 unspecified atom stereocenters. The van der Waals surface area contributed by atoms with E-state index < -0.39 is 86.8 Å². The maximum Gasteiger partial charge on any atom is 0.220 e. The summed E-state index contributed by atoms with van der Waals surface area (Å²) < 4.78 is 22.7. The number of allylic oxidation sites excluding steroid dienone is 5. The zero-order valence-corrected chi connectivity index (χ0v) is 46.6. The molecule has 434 valence electrons. The molecule has 0 aromatic rings. The van der Waals surface area contributed by atoms with Gasteiger partial charge < -0.3 is 65.1 Å². The van der Waals surface area contributed by atoms with Crippen LogP contribution in [0.3, 0.4) is 0 Å². The molecule has 0 spiro atoms. The average Bonchev–Trinajstić information content (AvgIpc) is 3.40. The fourth-order valence-corrected chi connectivity index (χ4v) is 9.91. The van der Waals surface area contributed by atoms with Gasteiger partial charge in [-0.15, -0.1) is 0 Å². The van der Waals surface area contributed by atoms with Crippen molar-refractivity contribution in [1.82, 2.24) is 5.32 Å². The molecule has 2 fully saturated rings. The highest BCUT2D eigenvalue weighted by molar-refractivity contribution is 5.76. The molecule has 0 bridgehead atoms. The summed E-state index contributed by atoms with van der Waals surface area (Å²) in [5, 5.41) is 87.0. The molecular formula is C60H111NO13. The van der Waals surface area contributed by atoms with Crippen molar-refractivity contribution in [2.24, 2.45) is 0 Å². The number of nitrogens with one attached hydrogen (secondary N) is 1. The highest BCUT2D eigenvalue weighted by Gasteiger charge is 2.51. The van der Waals surface area contributed by atoms with E-state index in [1.54, 1.807) is 6.08 Å². The third-order valence-electron chi connectivity index (χ3n) is 14.8. The van der Waals surface area contributed by atoms with Crippen LogP contribution in [-0.4, -0.2) is 140 Å². The maximum absolute atomic E-state index is 13.2. The molecule has 2 aliphatic heterocycles. The largest absolute Gasteiger partial charge is 0.394 e. The van der Waals surface area contributed by atoms with Gasteiger partial charge in [-0.25, -0.2) is 0 Å². The van der Waals surface area contributed by atoms with Crippen molar-refractivity contribution in [2.75, 3.05) is 19.8 Å². The highest BCUT2D eigenvalue weighted by Crippen LogP contribution is 2.30. The lowest BCUT2D eigenvalue weighted by molar-refractivity contribution is -0.359. The Morgan fingerprint density at radius 2 is 0.865 bits per heavy atom. The predicted molar refractivity (Wildman–Crippen MR) is 295 cm³/mol. The lowest BCUT2D eigenvalue weighted by Crippen LogP contribution is -2.65. The quantitative estimate of drug-likeness (QED) is 0.0204. The second kappa shape index (κ2) is 46.2. The Labute approximate surface area is 449 Å². The number of aliphatic hydroxyl groups excluding tert-OH is 8. The Hall–Kier alpha value is -1.79. The molecule has 2 heterocycles. The first kappa shape index (κ1) is 68.3. The van der Waals surface area contributed by atoms with Gasteiger partial charge >= 0.3 is 0 Å². The Bertz CT molecular complexity index is 1380. The molecule has 0 aromatic heterocycles. The third kappa shape index (κ3) is 31.6. The molecule has 1 amide bonds. The lowest BCUT2D eigenvalue weighted by Gasteiger charge is -2.46. The molecule has 0 aromatic carbocycles. The van der Waals surface area contributed by atoms with E-state index in [9.17, 15) is 45.6 Å². The molecule has 14 heteroatoms. The number of rotatable bonds is 48. The van der Waals surface area contributed by atoms with E-state index in [1.807, 2.05) is 6.08 Å². The summed E-state index contributed by atoms with van der Waals surface area (Å²) in [5.41, 5.74) is 0. The smallest absolute Gasteiger partial charge is 0.220 e. The summed E-state index contributed by atoms with van der Waals surface area (Å²) in [5.74, 6) is -0.252. The monoisotopic (exact) mass is 1050 g/mol. The second-order valence-electron chi connectivity index (χ2n) is 21.5. The first-order valence-corrected chi connectivity index (χ1v) is 30.2. The van der Waals surface area contributed by atoms with Crippen molar-refractivity contribution in [3.63, 3.8) is 0 Å². The molecule has 2 saturated heterocycles. The average molecular weight is 1050 g/mol. The predicted octanol–water partition coefficient (Wildman–Crippen LogP) is 10.2. The summed E-state index contributed by atoms with van der Waals surface area (Å²) in [7, 11) is 0. The van der Waals surface area contributed by atoms with Crippen LogP contribution in [0.4, 0.5) is 0 Å². The van der Waals surface area contributed by atoms with E-state index in [0.717, 1.165) is 44.9 Å². The van der Waals surface area contributed by atoms with E-state index >= 15 is 0 Å². The number of carbonyl (C=O) groups is 1. The summed E-state index contributed by atoms with van der Waals surface area (Å²) in [6.45, 7) is 2.79. The van der Waals surface area contributed by atoms with Crippen molar-refractivity contribution < 1.29 is 64.6 Å². The SMILES string of the molecule is CCCCCCCCCCCCCCCCCC/C=C/CC/C=C/CC/C=C/C(O)C(COC1OC(CO)C(OC2OC(CO)C(O)C(O)C2O)C(O)C1O)NC(=O)CCCCCCCCCCCCCCCC. The molecule has 0 saturated carbocycles. The fraction of sp³-hybridized carbons (Fsp3) is 0.883. The van der Waals surface area contributed by atoms with E-state index in [-0.39, 0.29) is 18.9 Å². The minimum atomic E-state index is -1.79. The van der Waals surface area contributed by atoms with Gasteiger partial charge in [0.25, 0.3) is 0 Å². The van der Waals surface area contributed by atoms with Crippen molar-refractivity contribution in [3.8, 4) is 0 Å². The van der Waals surface area contributed by atoms with Gasteiger partial charge in [0.05, 0.1) is 32.0 Å². The van der Waals surface area contributed by atoms with Gasteiger partial charge in [0.15, 0.2) is 12.6 Å². The number of amides is 1. The molecular weight excluding hydrogens is 943 g/mol. The third-order valence-corrected chi connectivity index (χ3v) is 14.8. The number of hydrogen-bond acceptors (Lipinski definition) is 13. The van der Waals surface area contributed by atoms with Crippen LogP contribution < -0.4 is 5.32 Å². The van der Waals surface area contributed by atoms with E-state index in [2.05, 4.69) is 43.5 Å². The fourth-order valence-electron chi connectivity index (χ4n) is 9.91. The van der Waals surface area contributed by atoms with Crippen LogP contribution in [0.5, 0.6) is 0 Å². The van der Waals surface area contributed by atoms with Crippen LogP contribution in [-0.2, 0) is 23.7 Å². The normalized spacial score (nSPS) is 25.4. The van der Waals surface area contributed by atoms with E-state index in [0.29, 0.717) is 12.8 Å². The van der Waals surface area contributed by atoms with Crippen molar-refractivity contribution >= 4 is 5.91 Å². The van der Waals surface area contributed by atoms with Crippen LogP contribution in [0.25, 0.3) is 0 Å². The van der Waals surface area contributed by atoms with Crippen molar-refractivity contribution in [2.45, 2.75) is 319 Å². The molecule has 9 N–H and O–H groups in total. The first-order chi connectivity index (χ1) is 36.1. The molecule has 2 aliphatic rings. The van der Waals surface area contributed by atoms with Gasteiger partial charge in [-0.2, -0.15) is 0 Å².